The Hall–Kier alpha value is -1.45. The molecule has 1 atom stereocenters. The van der Waals surface area contributed by atoms with Crippen molar-refractivity contribution in [1.29, 1.82) is 0 Å². The summed E-state index contributed by atoms with van der Waals surface area (Å²) in [6.07, 6.45) is 0. The van der Waals surface area contributed by atoms with Crippen molar-refractivity contribution in [1.82, 2.24) is 5.43 Å². The summed E-state index contributed by atoms with van der Waals surface area (Å²) in [4.78, 5) is 0. The van der Waals surface area contributed by atoms with Crippen molar-refractivity contribution < 1.29 is 0 Å². The van der Waals surface area contributed by atoms with Gasteiger partial charge in [0, 0.05) is 10.6 Å². The monoisotopic (exact) mass is 288 g/mol. The van der Waals surface area contributed by atoms with E-state index in [2.05, 4.69) is 41.7 Å². The number of nitrogens with one attached hydrogen (secondary N) is 1. The van der Waals surface area contributed by atoms with Crippen molar-refractivity contribution in [3.8, 4) is 0 Å². The average Bonchev–Trinajstić information content (AvgIpc) is 2.90. The SMILES string of the molecule is Cc1ccc(C2=NN[C@H](c3ccc(Cl)cc3)S2)cc1. The molecule has 1 aliphatic rings. The third-order valence-corrected chi connectivity index (χ3v) is 4.40. The second-order valence-electron chi connectivity index (χ2n) is 4.46. The highest BCUT2D eigenvalue weighted by molar-refractivity contribution is 8.14. The van der Waals surface area contributed by atoms with Gasteiger partial charge in [0.2, 0.25) is 0 Å². The van der Waals surface area contributed by atoms with Crippen molar-refractivity contribution in [2.45, 2.75) is 12.3 Å². The molecule has 0 aromatic heterocycles. The summed E-state index contributed by atoms with van der Waals surface area (Å²) in [5.41, 5.74) is 6.76. The summed E-state index contributed by atoms with van der Waals surface area (Å²) in [5, 5.41) is 6.36. The van der Waals surface area contributed by atoms with Crippen LogP contribution in [0.25, 0.3) is 0 Å². The van der Waals surface area contributed by atoms with E-state index in [-0.39, 0.29) is 5.37 Å². The lowest BCUT2D eigenvalue weighted by Gasteiger charge is -2.09. The van der Waals surface area contributed by atoms with E-state index in [9.17, 15) is 0 Å². The van der Waals surface area contributed by atoms with Crippen LogP contribution in [-0.2, 0) is 0 Å². The van der Waals surface area contributed by atoms with Gasteiger partial charge in [0.15, 0.2) is 0 Å². The summed E-state index contributed by atoms with van der Waals surface area (Å²) in [6, 6.07) is 16.3. The molecule has 2 aromatic carbocycles. The lowest BCUT2D eigenvalue weighted by atomic mass is 10.2. The van der Waals surface area contributed by atoms with Gasteiger partial charge in [-0.25, -0.2) is 0 Å². The van der Waals surface area contributed by atoms with Gasteiger partial charge in [0.25, 0.3) is 0 Å². The molecule has 3 rings (SSSR count). The molecule has 2 nitrogen and oxygen atoms in total. The zero-order valence-electron chi connectivity index (χ0n) is 10.4. The first-order valence-electron chi connectivity index (χ1n) is 6.05. The van der Waals surface area contributed by atoms with E-state index in [4.69, 9.17) is 11.6 Å². The van der Waals surface area contributed by atoms with Crippen LogP contribution in [0.5, 0.6) is 0 Å². The second kappa shape index (κ2) is 5.27. The van der Waals surface area contributed by atoms with Gasteiger partial charge in [-0.15, -0.1) is 0 Å². The first kappa shape index (κ1) is 12.6. The average molecular weight is 289 g/mol. The van der Waals surface area contributed by atoms with Gasteiger partial charge in [0.05, 0.1) is 0 Å². The molecular weight excluding hydrogens is 276 g/mol. The lowest BCUT2D eigenvalue weighted by molar-refractivity contribution is 0.744. The van der Waals surface area contributed by atoms with Crippen molar-refractivity contribution in [2.24, 2.45) is 5.10 Å². The number of rotatable bonds is 2. The molecule has 0 amide bonds. The van der Waals surface area contributed by atoms with E-state index in [0.717, 1.165) is 15.6 Å². The molecule has 1 heterocycles. The van der Waals surface area contributed by atoms with Crippen LogP contribution < -0.4 is 5.43 Å². The third kappa shape index (κ3) is 2.77. The summed E-state index contributed by atoms with van der Waals surface area (Å²) in [6.45, 7) is 2.09. The van der Waals surface area contributed by atoms with Crippen LogP contribution in [0.1, 0.15) is 22.1 Å². The maximum absolute atomic E-state index is 5.90. The topological polar surface area (TPSA) is 24.4 Å². The standard InChI is InChI=1S/C15H13ClN2S/c1-10-2-4-11(5-3-10)14-17-18-15(19-14)12-6-8-13(16)9-7-12/h2-9,15,18H,1H3/t15-/m0/s1. The Labute approximate surface area is 121 Å². The highest BCUT2D eigenvalue weighted by Gasteiger charge is 2.21. The van der Waals surface area contributed by atoms with Gasteiger partial charge in [-0.2, -0.15) is 5.10 Å². The molecule has 0 radical (unpaired) electrons. The first-order chi connectivity index (χ1) is 9.22. The Kier molecular flexibility index (Phi) is 3.49. The molecule has 0 fully saturated rings. The number of nitrogens with zero attached hydrogens (tertiary/aromatic N) is 1. The zero-order chi connectivity index (χ0) is 13.2. The smallest absolute Gasteiger partial charge is 0.126 e. The van der Waals surface area contributed by atoms with E-state index in [1.807, 2.05) is 24.3 Å². The Morgan fingerprint density at radius 2 is 1.74 bits per heavy atom. The number of aryl methyl sites for hydroxylation is 1. The number of hydrogen-bond donors (Lipinski definition) is 1. The van der Waals surface area contributed by atoms with Gasteiger partial charge < -0.3 is 0 Å². The summed E-state index contributed by atoms with van der Waals surface area (Å²) >= 11 is 7.63. The molecular formula is C15H13ClN2S. The van der Waals surface area contributed by atoms with Crippen molar-refractivity contribution >= 4 is 28.4 Å². The summed E-state index contributed by atoms with van der Waals surface area (Å²) in [5.74, 6) is 0. The molecule has 96 valence electrons. The lowest BCUT2D eigenvalue weighted by Crippen LogP contribution is -2.06. The Morgan fingerprint density at radius 3 is 2.42 bits per heavy atom. The number of hydrogen-bond acceptors (Lipinski definition) is 3. The maximum atomic E-state index is 5.90. The molecule has 19 heavy (non-hydrogen) atoms. The Bertz CT molecular complexity index is 605. The van der Waals surface area contributed by atoms with Crippen molar-refractivity contribution in [3.63, 3.8) is 0 Å². The summed E-state index contributed by atoms with van der Waals surface area (Å²) < 4.78 is 0. The fourth-order valence-corrected chi connectivity index (χ4v) is 3.02. The predicted octanol–water partition coefficient (Wildman–Crippen LogP) is 4.35. The largest absolute Gasteiger partial charge is 0.291 e. The van der Waals surface area contributed by atoms with Crippen molar-refractivity contribution in [3.05, 3.63) is 70.2 Å². The zero-order valence-corrected chi connectivity index (χ0v) is 12.0. The van der Waals surface area contributed by atoms with Crippen molar-refractivity contribution in [2.75, 3.05) is 0 Å². The number of benzene rings is 2. The number of thioether (sulfide) groups is 1. The van der Waals surface area contributed by atoms with Crippen LogP contribution >= 0.6 is 23.4 Å². The first-order valence-corrected chi connectivity index (χ1v) is 7.30. The van der Waals surface area contributed by atoms with Gasteiger partial charge in [-0.1, -0.05) is 65.3 Å². The minimum atomic E-state index is 0.161. The van der Waals surface area contributed by atoms with Crippen LogP contribution in [0.15, 0.2) is 53.6 Å². The fourth-order valence-electron chi connectivity index (χ4n) is 1.89. The fraction of sp³-hybridized carbons (Fsp3) is 0.133. The van der Waals surface area contributed by atoms with Gasteiger partial charge in [0.1, 0.15) is 10.4 Å². The minimum Gasteiger partial charge on any atom is -0.291 e. The quantitative estimate of drug-likeness (QED) is 0.889. The van der Waals surface area contributed by atoms with E-state index < -0.39 is 0 Å². The van der Waals surface area contributed by atoms with E-state index >= 15 is 0 Å². The molecule has 0 saturated heterocycles. The predicted molar refractivity (Wildman–Crippen MR) is 82.6 cm³/mol. The normalized spacial score (nSPS) is 18.0. The Morgan fingerprint density at radius 1 is 1.05 bits per heavy atom. The third-order valence-electron chi connectivity index (χ3n) is 2.98. The summed E-state index contributed by atoms with van der Waals surface area (Å²) in [7, 11) is 0. The second-order valence-corrected chi connectivity index (χ2v) is 5.99. The molecule has 0 saturated carbocycles. The molecule has 0 aliphatic carbocycles. The molecule has 4 heteroatoms. The van der Waals surface area contributed by atoms with Crippen LogP contribution in [0, 0.1) is 6.92 Å². The van der Waals surface area contributed by atoms with E-state index in [1.54, 1.807) is 11.8 Å². The van der Waals surface area contributed by atoms with Crippen LogP contribution in [0.3, 0.4) is 0 Å². The van der Waals surface area contributed by atoms with Gasteiger partial charge >= 0.3 is 0 Å². The van der Waals surface area contributed by atoms with E-state index in [0.29, 0.717) is 0 Å². The molecule has 1 aliphatic heterocycles. The number of halogens is 1. The molecule has 2 aromatic rings. The highest BCUT2D eigenvalue weighted by atomic mass is 35.5. The molecule has 0 bridgehead atoms. The Balaban J connectivity index is 1.76. The van der Waals surface area contributed by atoms with Crippen LogP contribution in [-0.4, -0.2) is 5.04 Å². The molecule has 0 unspecified atom stereocenters. The minimum absolute atomic E-state index is 0.161. The highest BCUT2D eigenvalue weighted by Crippen LogP contribution is 2.34. The maximum Gasteiger partial charge on any atom is 0.126 e. The molecule has 0 spiro atoms. The van der Waals surface area contributed by atoms with Gasteiger partial charge in [-0.05, 0) is 24.6 Å². The van der Waals surface area contributed by atoms with E-state index in [1.165, 1.54) is 11.1 Å². The molecule has 1 N–H and O–H groups in total. The van der Waals surface area contributed by atoms with Crippen LogP contribution in [0.4, 0.5) is 0 Å². The van der Waals surface area contributed by atoms with Gasteiger partial charge in [-0.3, -0.25) is 5.43 Å². The van der Waals surface area contributed by atoms with Crippen LogP contribution in [0.2, 0.25) is 5.02 Å². The number of hydrazone groups is 1.